The van der Waals surface area contributed by atoms with Crippen molar-refractivity contribution in [3.05, 3.63) is 59.8 Å². The number of pyridine rings is 1. The van der Waals surface area contributed by atoms with E-state index in [4.69, 9.17) is 5.84 Å². The summed E-state index contributed by atoms with van der Waals surface area (Å²) in [5.41, 5.74) is 3.88. The molecular weight excluding hydrogens is 240 g/mol. The highest BCUT2D eigenvalue weighted by atomic mass is 16.1. The second-order valence-corrected chi connectivity index (χ2v) is 4.15. The molecule has 0 bridgehead atoms. The van der Waals surface area contributed by atoms with Gasteiger partial charge in [0.2, 0.25) is 0 Å². The van der Waals surface area contributed by atoms with Gasteiger partial charge in [-0.25, -0.2) is 10.8 Å². The van der Waals surface area contributed by atoms with Gasteiger partial charge in [0.15, 0.2) is 5.82 Å². The van der Waals surface area contributed by atoms with Gasteiger partial charge in [-0.2, -0.15) is 0 Å². The van der Waals surface area contributed by atoms with Crippen LogP contribution in [0.3, 0.4) is 0 Å². The first kappa shape index (κ1) is 13.0. The molecule has 4 N–H and O–H groups in total. The monoisotopic (exact) mass is 256 g/mol. The molecule has 2 aromatic rings. The molecule has 0 aliphatic heterocycles. The van der Waals surface area contributed by atoms with Gasteiger partial charge in [-0.15, -0.1) is 0 Å². The van der Waals surface area contributed by atoms with E-state index in [0.29, 0.717) is 11.4 Å². The van der Waals surface area contributed by atoms with Crippen molar-refractivity contribution in [1.29, 1.82) is 0 Å². The summed E-state index contributed by atoms with van der Waals surface area (Å²) in [6.07, 6.45) is 1.58. The molecule has 19 heavy (non-hydrogen) atoms. The maximum absolute atomic E-state index is 12.2. The predicted octanol–water partition coefficient (Wildman–Crippen LogP) is 1.86. The van der Waals surface area contributed by atoms with Crippen LogP contribution in [0.15, 0.2) is 48.7 Å². The smallest absolute Gasteiger partial charge is 0.255 e. The number of nitrogen functional groups attached to an aromatic ring is 1. The fourth-order valence-corrected chi connectivity index (χ4v) is 1.80. The Kier molecular flexibility index (Phi) is 4.10. The van der Waals surface area contributed by atoms with Crippen molar-refractivity contribution < 1.29 is 4.79 Å². The first-order valence-electron chi connectivity index (χ1n) is 6.00. The molecule has 1 heterocycles. The van der Waals surface area contributed by atoms with Gasteiger partial charge in [0.05, 0.1) is 11.6 Å². The second-order valence-electron chi connectivity index (χ2n) is 4.15. The minimum absolute atomic E-state index is 0.0838. The van der Waals surface area contributed by atoms with Gasteiger partial charge in [0.1, 0.15) is 0 Å². The van der Waals surface area contributed by atoms with E-state index in [-0.39, 0.29) is 11.9 Å². The van der Waals surface area contributed by atoms with E-state index in [1.54, 1.807) is 18.3 Å². The van der Waals surface area contributed by atoms with Crippen molar-refractivity contribution in [1.82, 2.24) is 10.3 Å². The van der Waals surface area contributed by atoms with Crippen LogP contribution in [0.2, 0.25) is 0 Å². The van der Waals surface area contributed by atoms with Gasteiger partial charge in [-0.05, 0) is 24.6 Å². The Bertz CT molecular complexity index is 556. The van der Waals surface area contributed by atoms with E-state index in [1.165, 1.54) is 0 Å². The summed E-state index contributed by atoms with van der Waals surface area (Å²) in [7, 11) is 0. The number of nitrogens with one attached hydrogen (secondary N) is 2. The topological polar surface area (TPSA) is 80.0 Å². The highest BCUT2D eigenvalue weighted by Crippen LogP contribution is 2.15. The molecule has 1 amide bonds. The molecular formula is C14H16N4O. The zero-order chi connectivity index (χ0) is 13.7. The largest absolute Gasteiger partial charge is 0.345 e. The SMILES string of the molecule is CC(NC(=O)c1cccnc1NN)c1ccccc1. The number of amides is 1. The molecule has 0 fully saturated rings. The first-order valence-corrected chi connectivity index (χ1v) is 6.00. The fraction of sp³-hybridized carbons (Fsp3) is 0.143. The Hall–Kier alpha value is -2.40. The van der Waals surface area contributed by atoms with Crippen molar-refractivity contribution in [2.45, 2.75) is 13.0 Å². The highest BCUT2D eigenvalue weighted by Gasteiger charge is 2.14. The van der Waals surface area contributed by atoms with Crippen molar-refractivity contribution in [2.75, 3.05) is 5.43 Å². The molecule has 1 atom stereocenters. The number of nitrogens with two attached hydrogens (primary N) is 1. The zero-order valence-electron chi connectivity index (χ0n) is 10.6. The summed E-state index contributed by atoms with van der Waals surface area (Å²) >= 11 is 0. The number of carbonyl (C=O) groups is 1. The van der Waals surface area contributed by atoms with Crippen LogP contribution >= 0.6 is 0 Å². The molecule has 0 spiro atoms. The minimum Gasteiger partial charge on any atom is -0.345 e. The molecule has 5 nitrogen and oxygen atoms in total. The lowest BCUT2D eigenvalue weighted by Crippen LogP contribution is -2.28. The average molecular weight is 256 g/mol. The van der Waals surface area contributed by atoms with Crippen molar-refractivity contribution in [3.8, 4) is 0 Å². The maximum Gasteiger partial charge on any atom is 0.255 e. The molecule has 0 aliphatic carbocycles. The standard InChI is InChI=1S/C14H16N4O/c1-10(11-6-3-2-4-7-11)17-14(19)12-8-5-9-16-13(12)18-15/h2-10H,15H2,1H3,(H,16,18)(H,17,19). The van der Waals surface area contributed by atoms with E-state index < -0.39 is 0 Å². The van der Waals surface area contributed by atoms with E-state index in [1.807, 2.05) is 37.3 Å². The van der Waals surface area contributed by atoms with Crippen LogP contribution in [-0.2, 0) is 0 Å². The normalized spacial score (nSPS) is 11.7. The number of nitrogens with zero attached hydrogens (tertiary/aromatic N) is 1. The summed E-state index contributed by atoms with van der Waals surface area (Å²) in [5.74, 6) is 5.49. The van der Waals surface area contributed by atoms with Crippen LogP contribution < -0.4 is 16.6 Å². The molecule has 1 aromatic heterocycles. The second kappa shape index (κ2) is 5.97. The van der Waals surface area contributed by atoms with Gasteiger partial charge in [0, 0.05) is 6.20 Å². The molecule has 0 radical (unpaired) electrons. The van der Waals surface area contributed by atoms with Crippen molar-refractivity contribution in [2.24, 2.45) is 5.84 Å². The Morgan fingerprint density at radius 1 is 1.21 bits per heavy atom. The number of anilines is 1. The number of hydrazine groups is 1. The summed E-state index contributed by atoms with van der Waals surface area (Å²) < 4.78 is 0. The molecule has 1 aromatic carbocycles. The molecule has 5 heteroatoms. The predicted molar refractivity (Wildman–Crippen MR) is 74.4 cm³/mol. The Balaban J connectivity index is 2.13. The summed E-state index contributed by atoms with van der Waals surface area (Å²) in [4.78, 5) is 16.2. The van der Waals surface area contributed by atoms with Crippen LogP contribution in [-0.4, -0.2) is 10.9 Å². The lowest BCUT2D eigenvalue weighted by Gasteiger charge is -2.15. The number of benzene rings is 1. The van der Waals surface area contributed by atoms with E-state index >= 15 is 0 Å². The van der Waals surface area contributed by atoms with E-state index in [2.05, 4.69) is 15.7 Å². The Morgan fingerprint density at radius 3 is 2.63 bits per heavy atom. The van der Waals surface area contributed by atoms with Gasteiger partial charge in [-0.3, -0.25) is 4.79 Å². The zero-order valence-corrected chi connectivity index (χ0v) is 10.6. The van der Waals surface area contributed by atoms with Crippen molar-refractivity contribution >= 4 is 11.7 Å². The molecule has 0 aliphatic rings. The molecule has 98 valence electrons. The van der Waals surface area contributed by atoms with E-state index in [9.17, 15) is 4.79 Å². The third-order valence-electron chi connectivity index (χ3n) is 2.84. The van der Waals surface area contributed by atoms with Crippen LogP contribution in [0.5, 0.6) is 0 Å². The molecule has 0 saturated heterocycles. The summed E-state index contributed by atoms with van der Waals surface area (Å²) in [5, 5.41) is 2.91. The third kappa shape index (κ3) is 3.08. The number of rotatable bonds is 4. The average Bonchev–Trinajstić information content (AvgIpc) is 2.48. The number of hydrogen-bond acceptors (Lipinski definition) is 4. The highest BCUT2D eigenvalue weighted by molar-refractivity contribution is 5.98. The van der Waals surface area contributed by atoms with Crippen LogP contribution in [0.4, 0.5) is 5.82 Å². The quantitative estimate of drug-likeness (QED) is 0.576. The minimum atomic E-state index is -0.211. The summed E-state index contributed by atoms with van der Waals surface area (Å²) in [6.45, 7) is 1.93. The fourth-order valence-electron chi connectivity index (χ4n) is 1.80. The lowest BCUT2D eigenvalue weighted by molar-refractivity contribution is 0.0940. The molecule has 0 saturated carbocycles. The third-order valence-corrected chi connectivity index (χ3v) is 2.84. The van der Waals surface area contributed by atoms with Crippen LogP contribution in [0, 0.1) is 0 Å². The van der Waals surface area contributed by atoms with Crippen LogP contribution in [0.25, 0.3) is 0 Å². The Morgan fingerprint density at radius 2 is 1.95 bits per heavy atom. The lowest BCUT2D eigenvalue weighted by atomic mass is 10.1. The van der Waals surface area contributed by atoms with Gasteiger partial charge in [-0.1, -0.05) is 30.3 Å². The number of carbonyl (C=O) groups excluding carboxylic acids is 1. The molecule has 1 unspecified atom stereocenters. The number of hydrogen-bond donors (Lipinski definition) is 3. The maximum atomic E-state index is 12.2. The molecule has 2 rings (SSSR count). The van der Waals surface area contributed by atoms with E-state index in [0.717, 1.165) is 5.56 Å². The number of aromatic nitrogens is 1. The van der Waals surface area contributed by atoms with Crippen LogP contribution in [0.1, 0.15) is 28.9 Å². The summed E-state index contributed by atoms with van der Waals surface area (Å²) in [6, 6.07) is 13.0. The van der Waals surface area contributed by atoms with Gasteiger partial charge in [0.25, 0.3) is 5.91 Å². The Labute approximate surface area is 111 Å². The van der Waals surface area contributed by atoms with Crippen molar-refractivity contribution in [3.63, 3.8) is 0 Å². The van der Waals surface area contributed by atoms with Gasteiger partial charge < -0.3 is 10.7 Å². The van der Waals surface area contributed by atoms with Gasteiger partial charge >= 0.3 is 0 Å². The first-order chi connectivity index (χ1) is 9.22.